The van der Waals surface area contributed by atoms with Gasteiger partial charge in [0.25, 0.3) is 0 Å². The van der Waals surface area contributed by atoms with Crippen molar-refractivity contribution in [2.75, 3.05) is 13.1 Å². The number of nitrogens with two attached hydrogens (primary N) is 1. The molecule has 1 saturated heterocycles. The van der Waals surface area contributed by atoms with Gasteiger partial charge in [0.15, 0.2) is 0 Å². The molecule has 1 aliphatic heterocycles. The normalized spacial score (nSPS) is 23.2. The molecular formula is C15H22N2O2. The summed E-state index contributed by atoms with van der Waals surface area (Å²) >= 11 is 0. The van der Waals surface area contributed by atoms with Gasteiger partial charge in [0.2, 0.25) is 0 Å². The summed E-state index contributed by atoms with van der Waals surface area (Å²) in [6.45, 7) is 3.78. The molecule has 1 fully saturated rings. The molecule has 4 nitrogen and oxygen atoms in total. The Kier molecular flexibility index (Phi) is 4.80. The summed E-state index contributed by atoms with van der Waals surface area (Å²) in [5.41, 5.74) is 6.75. The smallest absolute Gasteiger partial charge is 0.410 e. The van der Waals surface area contributed by atoms with E-state index in [9.17, 15) is 4.79 Å². The van der Waals surface area contributed by atoms with Gasteiger partial charge in [0, 0.05) is 12.6 Å². The Bertz CT molecular complexity index is 408. The summed E-state index contributed by atoms with van der Waals surface area (Å²) in [4.78, 5) is 13.9. The van der Waals surface area contributed by atoms with Crippen molar-refractivity contribution in [3.63, 3.8) is 0 Å². The first-order valence-corrected chi connectivity index (χ1v) is 6.89. The van der Waals surface area contributed by atoms with Crippen LogP contribution in [-0.4, -0.2) is 30.1 Å². The summed E-state index contributed by atoms with van der Waals surface area (Å²) in [7, 11) is 0. The quantitative estimate of drug-likeness (QED) is 0.910. The lowest BCUT2D eigenvalue weighted by atomic mass is 9.91. The topological polar surface area (TPSA) is 55.6 Å². The summed E-state index contributed by atoms with van der Waals surface area (Å²) < 4.78 is 5.38. The molecule has 0 aromatic heterocycles. The number of ether oxygens (including phenoxy) is 1. The average Bonchev–Trinajstić information content (AvgIpc) is 2.46. The van der Waals surface area contributed by atoms with Crippen molar-refractivity contribution < 1.29 is 9.53 Å². The molecule has 0 bridgehead atoms. The van der Waals surface area contributed by atoms with Crippen LogP contribution in [0.3, 0.4) is 0 Å². The van der Waals surface area contributed by atoms with E-state index in [-0.39, 0.29) is 12.1 Å². The summed E-state index contributed by atoms with van der Waals surface area (Å²) in [6.07, 6.45) is 1.88. The molecule has 2 rings (SSSR count). The molecule has 1 aliphatic rings. The predicted molar refractivity (Wildman–Crippen MR) is 74.6 cm³/mol. The van der Waals surface area contributed by atoms with Crippen molar-refractivity contribution >= 4 is 6.09 Å². The van der Waals surface area contributed by atoms with Crippen LogP contribution in [-0.2, 0) is 11.3 Å². The number of hydrogen-bond donors (Lipinski definition) is 1. The van der Waals surface area contributed by atoms with E-state index < -0.39 is 0 Å². The number of nitrogens with zero attached hydrogens (tertiary/aromatic N) is 1. The van der Waals surface area contributed by atoms with Crippen molar-refractivity contribution in [2.45, 2.75) is 32.4 Å². The zero-order valence-electron chi connectivity index (χ0n) is 11.4. The Hall–Kier alpha value is -1.55. The van der Waals surface area contributed by atoms with Gasteiger partial charge in [0.05, 0.1) is 0 Å². The van der Waals surface area contributed by atoms with Gasteiger partial charge in [-0.25, -0.2) is 4.79 Å². The summed E-state index contributed by atoms with van der Waals surface area (Å²) in [6, 6.07) is 9.91. The zero-order chi connectivity index (χ0) is 13.7. The maximum absolute atomic E-state index is 12.1. The molecule has 1 amide bonds. The van der Waals surface area contributed by atoms with Crippen LogP contribution < -0.4 is 5.73 Å². The minimum Gasteiger partial charge on any atom is -0.445 e. The Balaban J connectivity index is 1.89. The van der Waals surface area contributed by atoms with E-state index in [2.05, 4.69) is 6.92 Å². The lowest BCUT2D eigenvalue weighted by Crippen LogP contribution is -2.48. The lowest BCUT2D eigenvalue weighted by Gasteiger charge is -2.38. The molecule has 0 spiro atoms. The van der Waals surface area contributed by atoms with Crippen LogP contribution in [0.2, 0.25) is 0 Å². The first-order chi connectivity index (χ1) is 9.22. The Morgan fingerprint density at radius 2 is 2.16 bits per heavy atom. The van der Waals surface area contributed by atoms with Crippen LogP contribution >= 0.6 is 0 Å². The standard InChI is InChI=1S/C15H22N2O2/c1-12-14(10-16)8-5-9-17(12)15(18)19-11-13-6-3-2-4-7-13/h2-4,6-7,12,14H,5,8-11,16H2,1H3/t12-,14+/m1/s1. The number of benzene rings is 1. The van der Waals surface area contributed by atoms with E-state index in [0.29, 0.717) is 19.1 Å². The van der Waals surface area contributed by atoms with Crippen LogP contribution in [0.1, 0.15) is 25.3 Å². The summed E-state index contributed by atoms with van der Waals surface area (Å²) in [5.74, 6) is 0.387. The van der Waals surface area contributed by atoms with E-state index in [1.807, 2.05) is 35.2 Å². The highest BCUT2D eigenvalue weighted by molar-refractivity contribution is 5.68. The number of hydrogen-bond acceptors (Lipinski definition) is 3. The van der Waals surface area contributed by atoms with Gasteiger partial charge >= 0.3 is 6.09 Å². The largest absolute Gasteiger partial charge is 0.445 e. The molecular weight excluding hydrogens is 240 g/mol. The molecule has 1 aromatic rings. The zero-order valence-corrected chi connectivity index (χ0v) is 11.4. The van der Waals surface area contributed by atoms with Gasteiger partial charge < -0.3 is 15.4 Å². The number of carbonyl (C=O) groups excluding carboxylic acids is 1. The highest BCUT2D eigenvalue weighted by Gasteiger charge is 2.31. The fourth-order valence-electron chi connectivity index (χ4n) is 2.60. The first-order valence-electron chi connectivity index (χ1n) is 6.89. The van der Waals surface area contributed by atoms with E-state index >= 15 is 0 Å². The number of likely N-dealkylation sites (tertiary alicyclic amines) is 1. The third-order valence-corrected chi connectivity index (χ3v) is 3.89. The number of amides is 1. The van der Waals surface area contributed by atoms with E-state index in [4.69, 9.17) is 10.5 Å². The second-order valence-electron chi connectivity index (χ2n) is 5.11. The third-order valence-electron chi connectivity index (χ3n) is 3.89. The van der Waals surface area contributed by atoms with Gasteiger partial charge in [0.1, 0.15) is 6.61 Å². The number of piperidine rings is 1. The van der Waals surface area contributed by atoms with Gasteiger partial charge in [-0.3, -0.25) is 0 Å². The van der Waals surface area contributed by atoms with Crippen LogP contribution in [0.4, 0.5) is 4.79 Å². The van der Waals surface area contributed by atoms with Crippen LogP contribution in [0, 0.1) is 5.92 Å². The second-order valence-corrected chi connectivity index (χ2v) is 5.11. The molecule has 1 aromatic carbocycles. The van der Waals surface area contributed by atoms with Crippen molar-refractivity contribution in [2.24, 2.45) is 11.7 Å². The minimum absolute atomic E-state index is 0.169. The van der Waals surface area contributed by atoms with Crippen LogP contribution in [0.5, 0.6) is 0 Å². The van der Waals surface area contributed by atoms with E-state index in [1.165, 1.54) is 0 Å². The molecule has 2 atom stereocenters. The molecule has 104 valence electrons. The van der Waals surface area contributed by atoms with E-state index in [0.717, 1.165) is 24.9 Å². The van der Waals surface area contributed by atoms with Crippen LogP contribution in [0.25, 0.3) is 0 Å². The van der Waals surface area contributed by atoms with Gasteiger partial charge in [-0.2, -0.15) is 0 Å². The fraction of sp³-hybridized carbons (Fsp3) is 0.533. The van der Waals surface area contributed by atoms with E-state index in [1.54, 1.807) is 0 Å². The Morgan fingerprint density at radius 3 is 2.84 bits per heavy atom. The molecule has 19 heavy (non-hydrogen) atoms. The Labute approximate surface area is 114 Å². The third kappa shape index (κ3) is 3.47. The molecule has 0 unspecified atom stereocenters. The van der Waals surface area contributed by atoms with Gasteiger partial charge in [-0.05, 0) is 37.8 Å². The average molecular weight is 262 g/mol. The molecule has 0 radical (unpaired) electrons. The molecule has 4 heteroatoms. The van der Waals surface area contributed by atoms with Crippen LogP contribution in [0.15, 0.2) is 30.3 Å². The van der Waals surface area contributed by atoms with Crippen molar-refractivity contribution in [3.8, 4) is 0 Å². The fourth-order valence-corrected chi connectivity index (χ4v) is 2.60. The van der Waals surface area contributed by atoms with Gasteiger partial charge in [-0.15, -0.1) is 0 Å². The minimum atomic E-state index is -0.227. The Morgan fingerprint density at radius 1 is 1.42 bits per heavy atom. The van der Waals surface area contributed by atoms with Crippen molar-refractivity contribution in [1.82, 2.24) is 4.90 Å². The highest BCUT2D eigenvalue weighted by Crippen LogP contribution is 2.23. The maximum atomic E-state index is 12.1. The van der Waals surface area contributed by atoms with Crippen molar-refractivity contribution in [3.05, 3.63) is 35.9 Å². The number of rotatable bonds is 3. The second kappa shape index (κ2) is 6.57. The van der Waals surface area contributed by atoms with Crippen molar-refractivity contribution in [1.29, 1.82) is 0 Å². The summed E-state index contributed by atoms with van der Waals surface area (Å²) in [5, 5.41) is 0. The predicted octanol–water partition coefficient (Wildman–Crippen LogP) is 2.38. The molecule has 2 N–H and O–H groups in total. The first kappa shape index (κ1) is 13.9. The maximum Gasteiger partial charge on any atom is 0.410 e. The molecule has 1 heterocycles. The monoisotopic (exact) mass is 262 g/mol. The SMILES string of the molecule is C[C@@H]1[C@H](CN)CCCN1C(=O)OCc1ccccc1. The van der Waals surface area contributed by atoms with Gasteiger partial charge in [-0.1, -0.05) is 30.3 Å². The lowest BCUT2D eigenvalue weighted by molar-refractivity contribution is 0.0557. The molecule has 0 aliphatic carbocycles. The number of carbonyl (C=O) groups is 1. The highest BCUT2D eigenvalue weighted by atomic mass is 16.6. The molecule has 0 saturated carbocycles.